The SMILES string of the molecule is N/N=C(/c1ccccc1)c1ccccc1N. The molecule has 4 N–H and O–H groups in total. The van der Waals surface area contributed by atoms with Gasteiger partial charge in [0.2, 0.25) is 0 Å². The topological polar surface area (TPSA) is 64.4 Å². The van der Waals surface area contributed by atoms with E-state index in [1.165, 1.54) is 0 Å². The minimum atomic E-state index is 0.676. The van der Waals surface area contributed by atoms with E-state index in [1.807, 2.05) is 54.6 Å². The molecule has 3 nitrogen and oxygen atoms in total. The predicted octanol–water partition coefficient (Wildman–Crippen LogP) is 1.98. The summed E-state index contributed by atoms with van der Waals surface area (Å²) in [5.41, 5.74) is 9.10. The Morgan fingerprint density at radius 3 is 2.12 bits per heavy atom. The molecule has 0 aromatic heterocycles. The summed E-state index contributed by atoms with van der Waals surface area (Å²) in [6.45, 7) is 0. The van der Waals surface area contributed by atoms with Crippen molar-refractivity contribution < 1.29 is 0 Å². The number of nitrogens with two attached hydrogens (primary N) is 2. The van der Waals surface area contributed by atoms with Gasteiger partial charge in [-0.2, -0.15) is 5.10 Å². The van der Waals surface area contributed by atoms with Gasteiger partial charge in [0.05, 0.1) is 5.71 Å². The molecule has 0 aliphatic rings. The van der Waals surface area contributed by atoms with Gasteiger partial charge in [-0.15, -0.1) is 0 Å². The standard InChI is InChI=1S/C13H13N3/c14-12-9-5-4-8-11(12)13(16-15)10-6-2-1-3-7-10/h1-9H,14-15H2/b16-13-. The number of hydrogen-bond acceptors (Lipinski definition) is 3. The number of hydrazone groups is 1. The van der Waals surface area contributed by atoms with Crippen LogP contribution in [0.2, 0.25) is 0 Å². The highest BCUT2D eigenvalue weighted by Crippen LogP contribution is 2.16. The quantitative estimate of drug-likeness (QED) is 0.345. The molecule has 0 saturated carbocycles. The molecular weight excluding hydrogens is 198 g/mol. The summed E-state index contributed by atoms with van der Waals surface area (Å²) in [4.78, 5) is 0. The van der Waals surface area contributed by atoms with Gasteiger partial charge in [0.25, 0.3) is 0 Å². The van der Waals surface area contributed by atoms with E-state index in [-0.39, 0.29) is 0 Å². The van der Waals surface area contributed by atoms with Gasteiger partial charge in [-0.05, 0) is 6.07 Å². The second-order valence-corrected chi connectivity index (χ2v) is 3.43. The predicted molar refractivity (Wildman–Crippen MR) is 67.1 cm³/mol. The minimum Gasteiger partial charge on any atom is -0.398 e. The smallest absolute Gasteiger partial charge is 0.0991 e. The summed E-state index contributed by atoms with van der Waals surface area (Å²) in [7, 11) is 0. The average molecular weight is 211 g/mol. The number of rotatable bonds is 2. The highest BCUT2D eigenvalue weighted by atomic mass is 15.1. The number of benzene rings is 2. The lowest BCUT2D eigenvalue weighted by atomic mass is 10.0. The fraction of sp³-hybridized carbons (Fsp3) is 0. The first kappa shape index (κ1) is 10.2. The minimum absolute atomic E-state index is 0.676. The van der Waals surface area contributed by atoms with E-state index in [0.717, 1.165) is 11.1 Å². The largest absolute Gasteiger partial charge is 0.398 e. The Bertz CT molecular complexity index is 504. The maximum absolute atomic E-state index is 5.90. The molecule has 0 amide bonds. The van der Waals surface area contributed by atoms with E-state index in [9.17, 15) is 0 Å². The van der Waals surface area contributed by atoms with Gasteiger partial charge in [0, 0.05) is 16.8 Å². The molecule has 0 aliphatic heterocycles. The molecular formula is C13H13N3. The van der Waals surface area contributed by atoms with Gasteiger partial charge in [-0.25, -0.2) is 0 Å². The number of anilines is 1. The zero-order valence-electron chi connectivity index (χ0n) is 8.80. The first-order valence-corrected chi connectivity index (χ1v) is 5.01. The third-order valence-electron chi connectivity index (χ3n) is 2.39. The van der Waals surface area contributed by atoms with E-state index in [2.05, 4.69) is 5.10 Å². The summed E-state index contributed by atoms with van der Waals surface area (Å²) in [6, 6.07) is 17.3. The van der Waals surface area contributed by atoms with Crippen LogP contribution in [0.25, 0.3) is 0 Å². The fourth-order valence-corrected chi connectivity index (χ4v) is 1.61. The lowest BCUT2D eigenvalue weighted by molar-refractivity contribution is 1.24. The summed E-state index contributed by atoms with van der Waals surface area (Å²) < 4.78 is 0. The molecule has 16 heavy (non-hydrogen) atoms. The Balaban J connectivity index is 2.51. The van der Waals surface area contributed by atoms with E-state index in [4.69, 9.17) is 11.6 Å². The van der Waals surface area contributed by atoms with Crippen LogP contribution in [0, 0.1) is 0 Å². The summed E-state index contributed by atoms with van der Waals surface area (Å²) in [6.07, 6.45) is 0. The molecule has 0 saturated heterocycles. The number of nitrogens with zero attached hydrogens (tertiary/aromatic N) is 1. The average Bonchev–Trinajstić information content (AvgIpc) is 2.34. The zero-order chi connectivity index (χ0) is 11.4. The van der Waals surface area contributed by atoms with E-state index in [1.54, 1.807) is 0 Å². The molecule has 0 aliphatic carbocycles. The van der Waals surface area contributed by atoms with Crippen LogP contribution in [0.15, 0.2) is 59.7 Å². The van der Waals surface area contributed by atoms with E-state index < -0.39 is 0 Å². The molecule has 0 atom stereocenters. The van der Waals surface area contributed by atoms with Crippen molar-refractivity contribution in [2.75, 3.05) is 5.73 Å². The Morgan fingerprint density at radius 1 is 0.875 bits per heavy atom. The monoisotopic (exact) mass is 211 g/mol. The van der Waals surface area contributed by atoms with Gasteiger partial charge in [-0.1, -0.05) is 48.5 Å². The Labute approximate surface area is 94.4 Å². The van der Waals surface area contributed by atoms with Crippen molar-refractivity contribution in [3.05, 3.63) is 65.7 Å². The maximum Gasteiger partial charge on any atom is 0.0991 e. The van der Waals surface area contributed by atoms with Gasteiger partial charge in [0.15, 0.2) is 0 Å². The van der Waals surface area contributed by atoms with Crippen molar-refractivity contribution in [3.8, 4) is 0 Å². The molecule has 0 spiro atoms. The van der Waals surface area contributed by atoms with Crippen molar-refractivity contribution >= 4 is 11.4 Å². The van der Waals surface area contributed by atoms with Crippen LogP contribution in [0.4, 0.5) is 5.69 Å². The van der Waals surface area contributed by atoms with Crippen LogP contribution in [-0.4, -0.2) is 5.71 Å². The van der Waals surface area contributed by atoms with Crippen LogP contribution < -0.4 is 11.6 Å². The molecule has 2 aromatic rings. The molecule has 0 heterocycles. The Morgan fingerprint density at radius 2 is 1.50 bits per heavy atom. The first-order valence-electron chi connectivity index (χ1n) is 5.01. The third kappa shape index (κ3) is 1.88. The molecule has 2 rings (SSSR count). The number of hydrogen-bond donors (Lipinski definition) is 2. The van der Waals surface area contributed by atoms with Gasteiger partial charge < -0.3 is 11.6 Å². The lowest BCUT2D eigenvalue weighted by Crippen LogP contribution is -2.08. The van der Waals surface area contributed by atoms with Crippen molar-refractivity contribution in [2.24, 2.45) is 10.9 Å². The van der Waals surface area contributed by atoms with Crippen LogP contribution in [-0.2, 0) is 0 Å². The Hall–Kier alpha value is -2.29. The van der Waals surface area contributed by atoms with Crippen LogP contribution in [0.3, 0.4) is 0 Å². The number of nitrogen functional groups attached to an aromatic ring is 1. The molecule has 0 fully saturated rings. The van der Waals surface area contributed by atoms with E-state index in [0.29, 0.717) is 11.4 Å². The second-order valence-electron chi connectivity index (χ2n) is 3.43. The first-order chi connectivity index (χ1) is 7.83. The molecule has 2 aromatic carbocycles. The Kier molecular flexibility index (Phi) is 2.87. The normalized spacial score (nSPS) is 11.4. The van der Waals surface area contributed by atoms with Gasteiger partial charge in [0.1, 0.15) is 0 Å². The second kappa shape index (κ2) is 4.49. The molecule has 0 unspecified atom stereocenters. The highest BCUT2D eigenvalue weighted by Gasteiger charge is 2.08. The van der Waals surface area contributed by atoms with Crippen LogP contribution >= 0.6 is 0 Å². The molecule has 80 valence electrons. The van der Waals surface area contributed by atoms with E-state index >= 15 is 0 Å². The summed E-state index contributed by atoms with van der Waals surface area (Å²) in [5, 5.41) is 3.83. The number of para-hydroxylation sites is 1. The maximum atomic E-state index is 5.90. The molecule has 0 bridgehead atoms. The highest BCUT2D eigenvalue weighted by molar-refractivity contribution is 6.15. The third-order valence-corrected chi connectivity index (χ3v) is 2.39. The fourth-order valence-electron chi connectivity index (χ4n) is 1.61. The van der Waals surface area contributed by atoms with Gasteiger partial charge >= 0.3 is 0 Å². The van der Waals surface area contributed by atoms with Crippen molar-refractivity contribution in [1.29, 1.82) is 0 Å². The lowest BCUT2D eigenvalue weighted by Gasteiger charge is -2.08. The van der Waals surface area contributed by atoms with Crippen LogP contribution in [0.5, 0.6) is 0 Å². The summed E-state index contributed by atoms with van der Waals surface area (Å²) in [5.74, 6) is 5.44. The van der Waals surface area contributed by atoms with Crippen molar-refractivity contribution in [3.63, 3.8) is 0 Å². The summed E-state index contributed by atoms with van der Waals surface area (Å²) >= 11 is 0. The molecule has 3 heteroatoms. The molecule has 0 radical (unpaired) electrons. The zero-order valence-corrected chi connectivity index (χ0v) is 8.80. The van der Waals surface area contributed by atoms with Crippen molar-refractivity contribution in [1.82, 2.24) is 0 Å². The van der Waals surface area contributed by atoms with Crippen LogP contribution in [0.1, 0.15) is 11.1 Å². The van der Waals surface area contributed by atoms with Gasteiger partial charge in [-0.3, -0.25) is 0 Å². The van der Waals surface area contributed by atoms with Crippen molar-refractivity contribution in [2.45, 2.75) is 0 Å².